The summed E-state index contributed by atoms with van der Waals surface area (Å²) in [5.41, 5.74) is 6.75. The SMILES string of the molecule is Cc1cc(NC(=O)c2ccc(N)nc2)n(C)n1. The van der Waals surface area contributed by atoms with Crippen molar-refractivity contribution < 1.29 is 4.79 Å². The molecule has 1 amide bonds. The summed E-state index contributed by atoms with van der Waals surface area (Å²) in [6.07, 6.45) is 1.44. The van der Waals surface area contributed by atoms with Gasteiger partial charge in [0.05, 0.1) is 11.3 Å². The zero-order chi connectivity index (χ0) is 12.4. The van der Waals surface area contributed by atoms with Crippen LogP contribution in [0.3, 0.4) is 0 Å². The van der Waals surface area contributed by atoms with Crippen LogP contribution in [0.25, 0.3) is 0 Å². The Morgan fingerprint density at radius 1 is 1.47 bits per heavy atom. The quantitative estimate of drug-likeness (QED) is 0.806. The number of aromatic nitrogens is 3. The smallest absolute Gasteiger partial charge is 0.258 e. The lowest BCUT2D eigenvalue weighted by Crippen LogP contribution is -2.14. The molecule has 6 nitrogen and oxygen atoms in total. The van der Waals surface area contributed by atoms with Gasteiger partial charge in [-0.25, -0.2) is 4.98 Å². The van der Waals surface area contributed by atoms with E-state index in [1.165, 1.54) is 6.20 Å². The normalized spacial score (nSPS) is 10.2. The lowest BCUT2D eigenvalue weighted by atomic mass is 10.2. The molecule has 3 N–H and O–H groups in total. The van der Waals surface area contributed by atoms with Crippen molar-refractivity contribution in [3.8, 4) is 0 Å². The van der Waals surface area contributed by atoms with E-state index in [-0.39, 0.29) is 5.91 Å². The first-order valence-corrected chi connectivity index (χ1v) is 5.10. The Kier molecular flexibility index (Phi) is 2.78. The van der Waals surface area contributed by atoms with E-state index in [1.54, 1.807) is 29.9 Å². The molecular formula is C11H13N5O. The number of hydrogen-bond donors (Lipinski definition) is 2. The second kappa shape index (κ2) is 4.25. The Morgan fingerprint density at radius 3 is 2.76 bits per heavy atom. The Morgan fingerprint density at radius 2 is 2.24 bits per heavy atom. The van der Waals surface area contributed by atoms with Crippen LogP contribution in [-0.4, -0.2) is 20.7 Å². The Hall–Kier alpha value is -2.37. The number of pyridine rings is 1. The number of nitrogens with zero attached hydrogens (tertiary/aromatic N) is 3. The highest BCUT2D eigenvalue weighted by Gasteiger charge is 2.09. The van der Waals surface area contributed by atoms with Crippen molar-refractivity contribution in [3.05, 3.63) is 35.7 Å². The maximum atomic E-state index is 11.9. The zero-order valence-corrected chi connectivity index (χ0v) is 9.64. The summed E-state index contributed by atoms with van der Waals surface area (Å²) in [5, 5.41) is 6.89. The number of carbonyl (C=O) groups excluding carboxylic acids is 1. The molecule has 0 saturated carbocycles. The lowest BCUT2D eigenvalue weighted by molar-refractivity contribution is 0.102. The summed E-state index contributed by atoms with van der Waals surface area (Å²) in [6.45, 7) is 1.86. The van der Waals surface area contributed by atoms with Crippen molar-refractivity contribution in [1.82, 2.24) is 14.8 Å². The van der Waals surface area contributed by atoms with Gasteiger partial charge in [-0.05, 0) is 19.1 Å². The van der Waals surface area contributed by atoms with Crippen LogP contribution in [-0.2, 0) is 7.05 Å². The average molecular weight is 231 g/mol. The Labute approximate surface area is 98.5 Å². The molecule has 0 unspecified atom stereocenters. The van der Waals surface area contributed by atoms with Crippen LogP contribution < -0.4 is 11.1 Å². The maximum absolute atomic E-state index is 11.9. The van der Waals surface area contributed by atoms with Gasteiger partial charge in [0.25, 0.3) is 5.91 Å². The van der Waals surface area contributed by atoms with Crippen LogP contribution in [0.15, 0.2) is 24.4 Å². The van der Waals surface area contributed by atoms with E-state index in [0.717, 1.165) is 5.69 Å². The second-order valence-electron chi connectivity index (χ2n) is 3.72. The molecule has 0 aliphatic rings. The van der Waals surface area contributed by atoms with E-state index >= 15 is 0 Å². The molecule has 0 aliphatic heterocycles. The summed E-state index contributed by atoms with van der Waals surface area (Å²) in [6, 6.07) is 5.01. The van der Waals surface area contributed by atoms with Gasteiger partial charge in [-0.15, -0.1) is 0 Å². The molecule has 2 heterocycles. The molecule has 0 atom stereocenters. The number of hydrogen-bond acceptors (Lipinski definition) is 4. The van der Waals surface area contributed by atoms with Gasteiger partial charge < -0.3 is 11.1 Å². The number of nitrogens with one attached hydrogen (secondary N) is 1. The molecule has 0 saturated heterocycles. The lowest BCUT2D eigenvalue weighted by Gasteiger charge is -2.04. The second-order valence-corrected chi connectivity index (χ2v) is 3.72. The van der Waals surface area contributed by atoms with E-state index < -0.39 is 0 Å². The molecule has 0 bridgehead atoms. The van der Waals surface area contributed by atoms with E-state index in [1.807, 2.05) is 6.92 Å². The number of aryl methyl sites for hydroxylation is 2. The van der Waals surface area contributed by atoms with Crippen LogP contribution in [0.5, 0.6) is 0 Å². The third kappa shape index (κ3) is 2.41. The van der Waals surface area contributed by atoms with Crippen molar-refractivity contribution in [2.45, 2.75) is 6.92 Å². The van der Waals surface area contributed by atoms with Gasteiger partial charge in [0.15, 0.2) is 0 Å². The van der Waals surface area contributed by atoms with E-state index in [4.69, 9.17) is 5.73 Å². The highest BCUT2D eigenvalue weighted by Crippen LogP contribution is 2.10. The van der Waals surface area contributed by atoms with Crippen molar-refractivity contribution in [2.24, 2.45) is 7.05 Å². The fourth-order valence-electron chi connectivity index (χ4n) is 1.46. The zero-order valence-electron chi connectivity index (χ0n) is 9.64. The fourth-order valence-corrected chi connectivity index (χ4v) is 1.46. The number of amides is 1. The highest BCUT2D eigenvalue weighted by atomic mass is 16.1. The topological polar surface area (TPSA) is 85.8 Å². The van der Waals surface area contributed by atoms with E-state index in [0.29, 0.717) is 17.2 Å². The molecule has 2 aromatic rings. The van der Waals surface area contributed by atoms with Crippen LogP contribution in [0.4, 0.5) is 11.6 Å². The van der Waals surface area contributed by atoms with Gasteiger partial charge in [0.2, 0.25) is 0 Å². The summed E-state index contributed by atoms with van der Waals surface area (Å²) in [4.78, 5) is 15.7. The third-order valence-corrected chi connectivity index (χ3v) is 2.29. The average Bonchev–Trinajstić information content (AvgIpc) is 2.58. The number of nitrogens with two attached hydrogens (primary N) is 1. The van der Waals surface area contributed by atoms with Crippen LogP contribution in [0, 0.1) is 6.92 Å². The van der Waals surface area contributed by atoms with E-state index in [9.17, 15) is 4.79 Å². The molecule has 6 heteroatoms. The number of rotatable bonds is 2. The monoisotopic (exact) mass is 231 g/mol. The van der Waals surface area contributed by atoms with Gasteiger partial charge >= 0.3 is 0 Å². The summed E-state index contributed by atoms with van der Waals surface area (Å²) in [7, 11) is 1.77. The minimum absolute atomic E-state index is 0.236. The molecule has 88 valence electrons. The first-order chi connectivity index (χ1) is 8.06. The van der Waals surface area contributed by atoms with Crippen LogP contribution >= 0.6 is 0 Å². The van der Waals surface area contributed by atoms with Gasteiger partial charge in [-0.2, -0.15) is 5.10 Å². The molecule has 0 aliphatic carbocycles. The minimum atomic E-state index is -0.236. The fraction of sp³-hybridized carbons (Fsp3) is 0.182. The molecule has 0 aromatic carbocycles. The van der Waals surface area contributed by atoms with Crippen LogP contribution in [0.1, 0.15) is 16.1 Å². The van der Waals surface area contributed by atoms with Crippen molar-refractivity contribution in [3.63, 3.8) is 0 Å². The van der Waals surface area contributed by atoms with Crippen LogP contribution in [0.2, 0.25) is 0 Å². The molecule has 0 radical (unpaired) electrons. The first-order valence-electron chi connectivity index (χ1n) is 5.10. The summed E-state index contributed by atoms with van der Waals surface area (Å²) < 4.78 is 1.61. The maximum Gasteiger partial charge on any atom is 0.258 e. The molecular weight excluding hydrogens is 218 g/mol. The molecule has 0 fully saturated rings. The third-order valence-electron chi connectivity index (χ3n) is 2.29. The Balaban J connectivity index is 2.17. The largest absolute Gasteiger partial charge is 0.384 e. The van der Waals surface area contributed by atoms with Crippen molar-refractivity contribution in [2.75, 3.05) is 11.1 Å². The summed E-state index contributed by atoms with van der Waals surface area (Å²) in [5.74, 6) is 0.794. The van der Waals surface area contributed by atoms with Gasteiger partial charge in [0, 0.05) is 19.3 Å². The van der Waals surface area contributed by atoms with E-state index in [2.05, 4.69) is 15.4 Å². The standard InChI is InChI=1S/C11H13N5O/c1-7-5-10(16(2)15-7)14-11(17)8-3-4-9(12)13-6-8/h3-6H,1-2H3,(H2,12,13)(H,14,17). The van der Waals surface area contributed by atoms with Crippen molar-refractivity contribution >= 4 is 17.5 Å². The van der Waals surface area contributed by atoms with Gasteiger partial charge in [-0.3, -0.25) is 9.48 Å². The first kappa shape index (κ1) is 11.1. The molecule has 2 aromatic heterocycles. The Bertz CT molecular complexity index is 543. The minimum Gasteiger partial charge on any atom is -0.384 e. The van der Waals surface area contributed by atoms with Gasteiger partial charge in [-0.1, -0.05) is 0 Å². The number of anilines is 2. The van der Waals surface area contributed by atoms with Crippen molar-refractivity contribution in [1.29, 1.82) is 0 Å². The number of nitrogen functional groups attached to an aromatic ring is 1. The predicted octanol–water partition coefficient (Wildman–Crippen LogP) is 0.958. The predicted molar refractivity (Wildman–Crippen MR) is 64.5 cm³/mol. The number of carbonyl (C=O) groups is 1. The van der Waals surface area contributed by atoms with Gasteiger partial charge in [0.1, 0.15) is 11.6 Å². The molecule has 2 rings (SSSR count). The summed E-state index contributed by atoms with van der Waals surface area (Å²) >= 11 is 0. The highest BCUT2D eigenvalue weighted by molar-refractivity contribution is 6.03. The molecule has 0 spiro atoms. The molecule has 17 heavy (non-hydrogen) atoms.